The molecule has 2 N–H and O–H groups in total. The van der Waals surface area contributed by atoms with Gasteiger partial charge in [-0.3, -0.25) is 4.72 Å². The van der Waals surface area contributed by atoms with E-state index < -0.39 is 16.0 Å². The van der Waals surface area contributed by atoms with Gasteiger partial charge in [-0.15, -0.1) is 0 Å². The minimum atomic E-state index is -3.84. The van der Waals surface area contributed by atoms with Crippen LogP contribution < -0.4 is 4.72 Å². The minimum absolute atomic E-state index is 0.0253. The Morgan fingerprint density at radius 2 is 1.71 bits per heavy atom. The zero-order valence-corrected chi connectivity index (χ0v) is 12.4. The Morgan fingerprint density at radius 1 is 1.05 bits per heavy atom. The van der Waals surface area contributed by atoms with Crippen LogP contribution in [-0.4, -0.2) is 19.5 Å². The van der Waals surface area contributed by atoms with E-state index in [1.54, 1.807) is 25.1 Å². The highest BCUT2D eigenvalue weighted by molar-refractivity contribution is 7.92. The van der Waals surface area contributed by atoms with Crippen LogP contribution in [0.5, 0.6) is 0 Å². The van der Waals surface area contributed by atoms with Crippen molar-refractivity contribution in [3.8, 4) is 0 Å². The molecule has 2 rings (SSSR count). The van der Waals surface area contributed by atoms with Crippen LogP contribution in [0.1, 0.15) is 21.5 Å². The Morgan fingerprint density at radius 3 is 2.33 bits per heavy atom. The van der Waals surface area contributed by atoms with Crippen molar-refractivity contribution in [1.82, 2.24) is 0 Å². The second kappa shape index (κ2) is 5.57. The van der Waals surface area contributed by atoms with E-state index in [0.717, 1.165) is 5.56 Å². The van der Waals surface area contributed by atoms with Crippen molar-refractivity contribution in [3.05, 3.63) is 59.2 Å². The molecule has 110 valence electrons. The van der Waals surface area contributed by atoms with Crippen molar-refractivity contribution >= 4 is 21.7 Å². The maximum atomic E-state index is 12.4. The third kappa shape index (κ3) is 3.05. The Bertz CT molecular complexity index is 797. The first kappa shape index (κ1) is 15.1. The molecule has 0 amide bonds. The highest BCUT2D eigenvalue weighted by atomic mass is 32.2. The van der Waals surface area contributed by atoms with E-state index in [9.17, 15) is 13.2 Å². The van der Waals surface area contributed by atoms with Gasteiger partial charge in [0.25, 0.3) is 10.0 Å². The molecule has 0 atom stereocenters. The summed E-state index contributed by atoms with van der Waals surface area (Å²) in [5.41, 5.74) is 1.44. The molecule has 0 heterocycles. The van der Waals surface area contributed by atoms with Gasteiger partial charge in [0.1, 0.15) is 0 Å². The number of para-hydroxylation sites is 1. The van der Waals surface area contributed by atoms with Crippen LogP contribution in [0, 0.1) is 13.8 Å². The maximum absolute atomic E-state index is 12.4. The van der Waals surface area contributed by atoms with Crippen LogP contribution >= 0.6 is 0 Å². The first-order chi connectivity index (χ1) is 9.83. The SMILES string of the molecule is Cc1ccccc1NS(=O)(=O)c1cccc(C(=O)O)c1C. The smallest absolute Gasteiger partial charge is 0.335 e. The van der Waals surface area contributed by atoms with Gasteiger partial charge in [0.2, 0.25) is 0 Å². The average molecular weight is 305 g/mol. The molecule has 0 radical (unpaired) electrons. The fourth-order valence-corrected chi connectivity index (χ4v) is 3.42. The van der Waals surface area contributed by atoms with E-state index in [1.807, 2.05) is 6.07 Å². The second-order valence-corrected chi connectivity index (χ2v) is 6.31. The molecule has 0 saturated heterocycles. The molecule has 0 aromatic heterocycles. The first-order valence-electron chi connectivity index (χ1n) is 6.24. The Labute approximate surface area is 123 Å². The molecule has 0 saturated carbocycles. The van der Waals surface area contributed by atoms with Crippen molar-refractivity contribution in [2.45, 2.75) is 18.7 Å². The lowest BCUT2D eigenvalue weighted by Gasteiger charge is -2.13. The van der Waals surface area contributed by atoms with Gasteiger partial charge in [0.15, 0.2) is 0 Å². The molecular weight excluding hydrogens is 290 g/mol. The van der Waals surface area contributed by atoms with Gasteiger partial charge in [-0.05, 0) is 43.2 Å². The Hall–Kier alpha value is -2.34. The molecule has 0 bridgehead atoms. The minimum Gasteiger partial charge on any atom is -0.478 e. The zero-order chi connectivity index (χ0) is 15.6. The molecule has 0 unspecified atom stereocenters. The maximum Gasteiger partial charge on any atom is 0.335 e. The first-order valence-corrected chi connectivity index (χ1v) is 7.72. The van der Waals surface area contributed by atoms with E-state index in [4.69, 9.17) is 5.11 Å². The van der Waals surface area contributed by atoms with Gasteiger partial charge in [-0.1, -0.05) is 24.3 Å². The molecular formula is C15H15NO4S. The lowest BCUT2D eigenvalue weighted by atomic mass is 10.1. The molecule has 21 heavy (non-hydrogen) atoms. The van der Waals surface area contributed by atoms with Crippen LogP contribution in [0.2, 0.25) is 0 Å². The fourth-order valence-electron chi connectivity index (χ4n) is 2.02. The normalized spacial score (nSPS) is 11.1. The fraction of sp³-hybridized carbons (Fsp3) is 0.133. The number of hydrogen-bond donors (Lipinski definition) is 2. The van der Waals surface area contributed by atoms with Gasteiger partial charge in [-0.25, -0.2) is 13.2 Å². The topological polar surface area (TPSA) is 83.5 Å². The van der Waals surface area contributed by atoms with Crippen molar-refractivity contribution < 1.29 is 18.3 Å². The molecule has 0 spiro atoms. The van der Waals surface area contributed by atoms with Crippen LogP contribution in [0.15, 0.2) is 47.4 Å². The number of carboxylic acid groups (broad SMARTS) is 1. The van der Waals surface area contributed by atoms with Crippen LogP contribution in [0.25, 0.3) is 0 Å². The third-order valence-electron chi connectivity index (χ3n) is 3.19. The van der Waals surface area contributed by atoms with E-state index in [-0.39, 0.29) is 16.0 Å². The molecule has 0 aliphatic carbocycles. The van der Waals surface area contributed by atoms with Crippen molar-refractivity contribution in [1.29, 1.82) is 0 Å². The molecule has 0 aliphatic rings. The van der Waals surface area contributed by atoms with Crippen molar-refractivity contribution in [2.75, 3.05) is 4.72 Å². The van der Waals surface area contributed by atoms with Crippen molar-refractivity contribution in [3.63, 3.8) is 0 Å². The monoisotopic (exact) mass is 305 g/mol. The highest BCUT2D eigenvalue weighted by Gasteiger charge is 2.21. The molecule has 0 aliphatic heterocycles. The summed E-state index contributed by atoms with van der Waals surface area (Å²) in [6.07, 6.45) is 0. The van der Waals surface area contributed by atoms with Crippen LogP contribution in [-0.2, 0) is 10.0 Å². The van der Waals surface area contributed by atoms with Gasteiger partial charge >= 0.3 is 5.97 Å². The number of rotatable bonds is 4. The molecule has 5 nitrogen and oxygen atoms in total. The number of benzene rings is 2. The summed E-state index contributed by atoms with van der Waals surface area (Å²) in [6.45, 7) is 3.27. The Kier molecular flexibility index (Phi) is 3.99. The summed E-state index contributed by atoms with van der Waals surface area (Å²) in [7, 11) is -3.84. The third-order valence-corrected chi connectivity index (χ3v) is 4.70. The van der Waals surface area contributed by atoms with Gasteiger partial charge in [0.05, 0.1) is 16.1 Å². The number of hydrogen-bond acceptors (Lipinski definition) is 3. The predicted molar refractivity (Wildman–Crippen MR) is 80.1 cm³/mol. The number of anilines is 1. The quantitative estimate of drug-likeness (QED) is 0.909. The molecule has 6 heteroatoms. The summed E-state index contributed by atoms with van der Waals surface area (Å²) in [6, 6.07) is 11.2. The summed E-state index contributed by atoms with van der Waals surface area (Å²) >= 11 is 0. The summed E-state index contributed by atoms with van der Waals surface area (Å²) in [5, 5.41) is 9.07. The van der Waals surface area contributed by atoms with E-state index in [2.05, 4.69) is 4.72 Å². The highest BCUT2D eigenvalue weighted by Crippen LogP contribution is 2.23. The lowest BCUT2D eigenvalue weighted by molar-refractivity contribution is 0.0696. The van der Waals surface area contributed by atoms with E-state index >= 15 is 0 Å². The zero-order valence-electron chi connectivity index (χ0n) is 11.6. The largest absolute Gasteiger partial charge is 0.478 e. The van der Waals surface area contributed by atoms with Gasteiger partial charge < -0.3 is 5.11 Å². The number of nitrogens with one attached hydrogen (secondary N) is 1. The lowest BCUT2D eigenvalue weighted by Crippen LogP contribution is -2.16. The number of aromatic carboxylic acids is 1. The Balaban J connectivity index is 2.48. The number of carboxylic acids is 1. The number of carbonyl (C=O) groups is 1. The average Bonchev–Trinajstić information content (AvgIpc) is 2.41. The van der Waals surface area contributed by atoms with Crippen molar-refractivity contribution in [2.24, 2.45) is 0 Å². The standard InChI is InChI=1S/C15H15NO4S/c1-10-6-3-4-8-13(10)16-21(19,20)14-9-5-7-12(11(14)2)15(17)18/h3-9,16H,1-2H3,(H,17,18). The summed E-state index contributed by atoms with van der Waals surface area (Å²) < 4.78 is 27.4. The molecule has 2 aromatic carbocycles. The number of sulfonamides is 1. The number of aryl methyl sites for hydroxylation is 1. The molecule has 2 aromatic rings. The second-order valence-electron chi connectivity index (χ2n) is 4.65. The van der Waals surface area contributed by atoms with Crippen LogP contribution in [0.4, 0.5) is 5.69 Å². The summed E-state index contributed by atoms with van der Waals surface area (Å²) in [5.74, 6) is -1.15. The van der Waals surface area contributed by atoms with E-state index in [1.165, 1.54) is 25.1 Å². The van der Waals surface area contributed by atoms with Gasteiger partial charge in [0, 0.05) is 0 Å². The van der Waals surface area contributed by atoms with Crippen LogP contribution in [0.3, 0.4) is 0 Å². The predicted octanol–water partition coefficient (Wildman–Crippen LogP) is 2.80. The van der Waals surface area contributed by atoms with Gasteiger partial charge in [-0.2, -0.15) is 0 Å². The summed E-state index contributed by atoms with van der Waals surface area (Å²) in [4.78, 5) is 11.1. The molecule has 0 fully saturated rings. The van der Waals surface area contributed by atoms with E-state index in [0.29, 0.717) is 5.69 Å².